The van der Waals surface area contributed by atoms with Crippen molar-refractivity contribution in [3.05, 3.63) is 107 Å². The molecule has 0 saturated carbocycles. The van der Waals surface area contributed by atoms with Crippen molar-refractivity contribution in [1.29, 1.82) is 0 Å². The number of rotatable bonds is 7. The molecule has 0 atom stereocenters. The number of benzene rings is 2. The van der Waals surface area contributed by atoms with Crippen LogP contribution in [0.15, 0.2) is 79.0 Å². The van der Waals surface area contributed by atoms with E-state index < -0.39 is 0 Å². The van der Waals surface area contributed by atoms with E-state index in [1.54, 1.807) is 6.20 Å². The van der Waals surface area contributed by atoms with Crippen molar-refractivity contribution in [1.82, 2.24) is 9.97 Å². The smallest absolute Gasteiger partial charge is 0.225 e. The highest BCUT2D eigenvalue weighted by Gasteiger charge is 2.26. The molecule has 0 bridgehead atoms. The topological polar surface area (TPSA) is 74.8 Å². The van der Waals surface area contributed by atoms with Crippen LogP contribution in [0, 0.1) is 0 Å². The molecule has 0 spiro atoms. The molecule has 2 heterocycles. The number of amides is 1. The predicted molar refractivity (Wildman–Crippen MR) is 134 cm³/mol. The molecule has 170 valence electrons. The lowest BCUT2D eigenvalue weighted by Crippen LogP contribution is -2.13. The standard InChI is InChI=1S/C29H27N3O2/c33-25-13-7-12-24-28(25)23(18-21-10-5-2-6-11-21)29(31-24)22-16-17-30-26(19-22)32-27(34)15-14-20-8-3-1-4-9-20/h1-6,8-11,16-17,19,31H,7,12-15,18H2,(H,30,32,34). The van der Waals surface area contributed by atoms with Gasteiger partial charge < -0.3 is 10.3 Å². The minimum absolute atomic E-state index is 0.0704. The van der Waals surface area contributed by atoms with E-state index in [0.717, 1.165) is 52.0 Å². The van der Waals surface area contributed by atoms with E-state index in [2.05, 4.69) is 27.4 Å². The molecule has 5 nitrogen and oxygen atoms in total. The molecular formula is C29H27N3O2. The van der Waals surface area contributed by atoms with E-state index in [9.17, 15) is 9.59 Å². The first-order valence-corrected chi connectivity index (χ1v) is 11.8. The third-order valence-electron chi connectivity index (χ3n) is 6.31. The van der Waals surface area contributed by atoms with Gasteiger partial charge in [-0.15, -0.1) is 0 Å². The summed E-state index contributed by atoms with van der Waals surface area (Å²) in [5, 5.41) is 2.93. The second-order valence-corrected chi connectivity index (χ2v) is 8.73. The van der Waals surface area contributed by atoms with Crippen LogP contribution in [-0.4, -0.2) is 21.7 Å². The summed E-state index contributed by atoms with van der Waals surface area (Å²) in [6, 6.07) is 24.0. The number of aromatic amines is 1. The molecule has 1 aliphatic rings. The van der Waals surface area contributed by atoms with Gasteiger partial charge in [-0.25, -0.2) is 4.98 Å². The number of H-pyrrole nitrogens is 1. The van der Waals surface area contributed by atoms with Gasteiger partial charge in [-0.2, -0.15) is 0 Å². The molecule has 2 aromatic carbocycles. The van der Waals surface area contributed by atoms with Crippen molar-refractivity contribution in [2.45, 2.75) is 38.5 Å². The van der Waals surface area contributed by atoms with Gasteiger partial charge in [-0.1, -0.05) is 60.7 Å². The molecule has 5 heteroatoms. The van der Waals surface area contributed by atoms with Crippen molar-refractivity contribution in [3.8, 4) is 11.3 Å². The number of anilines is 1. The fourth-order valence-electron chi connectivity index (χ4n) is 4.66. The summed E-state index contributed by atoms with van der Waals surface area (Å²) in [4.78, 5) is 33.3. The van der Waals surface area contributed by atoms with E-state index in [1.165, 1.54) is 0 Å². The summed E-state index contributed by atoms with van der Waals surface area (Å²) in [6.45, 7) is 0. The molecule has 0 fully saturated rings. The molecule has 2 N–H and O–H groups in total. The number of hydrogen-bond acceptors (Lipinski definition) is 3. The number of nitrogens with zero attached hydrogens (tertiary/aromatic N) is 1. The third kappa shape index (κ3) is 4.84. The summed E-state index contributed by atoms with van der Waals surface area (Å²) >= 11 is 0. The Hall–Kier alpha value is -3.99. The largest absolute Gasteiger partial charge is 0.358 e. The molecule has 0 unspecified atom stereocenters. The summed E-state index contributed by atoms with van der Waals surface area (Å²) in [5.74, 6) is 0.650. The molecule has 0 radical (unpaired) electrons. The average molecular weight is 450 g/mol. The minimum atomic E-state index is -0.0704. The summed E-state index contributed by atoms with van der Waals surface area (Å²) in [5.41, 5.74) is 7.03. The van der Waals surface area contributed by atoms with Crippen LogP contribution in [0.25, 0.3) is 11.3 Å². The molecule has 0 saturated heterocycles. The molecule has 1 amide bonds. The molecule has 4 aromatic rings. The number of carbonyl (C=O) groups excluding carboxylic acids is 2. The van der Waals surface area contributed by atoms with E-state index in [0.29, 0.717) is 31.5 Å². The number of aromatic nitrogens is 2. The van der Waals surface area contributed by atoms with Crippen molar-refractivity contribution in [2.75, 3.05) is 5.32 Å². The Bertz CT molecular complexity index is 1310. The zero-order chi connectivity index (χ0) is 23.3. The molecule has 34 heavy (non-hydrogen) atoms. The van der Waals surface area contributed by atoms with E-state index >= 15 is 0 Å². The zero-order valence-corrected chi connectivity index (χ0v) is 19.0. The number of Topliss-reactive ketones (excluding diaryl/α,β-unsaturated/α-hetero) is 1. The number of ketones is 1. The van der Waals surface area contributed by atoms with Gasteiger partial charge in [0.05, 0.1) is 5.69 Å². The van der Waals surface area contributed by atoms with Gasteiger partial charge in [0.1, 0.15) is 5.82 Å². The minimum Gasteiger partial charge on any atom is -0.358 e. The van der Waals surface area contributed by atoms with Crippen molar-refractivity contribution >= 4 is 17.5 Å². The van der Waals surface area contributed by atoms with Crippen molar-refractivity contribution in [2.24, 2.45) is 0 Å². The van der Waals surface area contributed by atoms with Crippen LogP contribution in [-0.2, 0) is 24.1 Å². The Morgan fingerprint density at radius 3 is 2.44 bits per heavy atom. The van der Waals surface area contributed by atoms with E-state index in [4.69, 9.17) is 0 Å². The quantitative estimate of drug-likeness (QED) is 0.377. The summed E-state index contributed by atoms with van der Waals surface area (Å²) < 4.78 is 0. The lowest BCUT2D eigenvalue weighted by atomic mass is 9.90. The Morgan fingerprint density at radius 1 is 0.941 bits per heavy atom. The first-order valence-electron chi connectivity index (χ1n) is 11.8. The van der Waals surface area contributed by atoms with Crippen LogP contribution < -0.4 is 5.32 Å². The Balaban J connectivity index is 1.41. The lowest BCUT2D eigenvalue weighted by Gasteiger charge is -2.12. The third-order valence-corrected chi connectivity index (χ3v) is 6.31. The average Bonchev–Trinajstić information content (AvgIpc) is 3.24. The predicted octanol–water partition coefficient (Wildman–Crippen LogP) is 5.76. The summed E-state index contributed by atoms with van der Waals surface area (Å²) in [6.07, 6.45) is 5.78. The number of carbonyl (C=O) groups is 2. The van der Waals surface area contributed by atoms with Crippen molar-refractivity contribution in [3.63, 3.8) is 0 Å². The summed E-state index contributed by atoms with van der Waals surface area (Å²) in [7, 11) is 0. The number of nitrogens with one attached hydrogen (secondary N) is 2. The highest BCUT2D eigenvalue weighted by molar-refractivity contribution is 6.01. The first kappa shape index (κ1) is 21.8. The van der Waals surface area contributed by atoms with Gasteiger partial charge in [0, 0.05) is 42.3 Å². The maximum atomic E-state index is 12.9. The number of fused-ring (bicyclic) bond motifs is 1. The van der Waals surface area contributed by atoms with Crippen LogP contribution in [0.5, 0.6) is 0 Å². The number of aryl methyl sites for hydroxylation is 2. The molecule has 1 aliphatic carbocycles. The van der Waals surface area contributed by atoms with Gasteiger partial charge in [-0.05, 0) is 48.1 Å². The molecule has 0 aliphatic heterocycles. The molecule has 5 rings (SSSR count). The van der Waals surface area contributed by atoms with Crippen LogP contribution in [0.4, 0.5) is 5.82 Å². The lowest BCUT2D eigenvalue weighted by molar-refractivity contribution is -0.116. The second-order valence-electron chi connectivity index (χ2n) is 8.73. The first-order chi connectivity index (χ1) is 16.7. The van der Waals surface area contributed by atoms with E-state index in [1.807, 2.05) is 60.7 Å². The molecular weight excluding hydrogens is 422 g/mol. The van der Waals surface area contributed by atoms with E-state index in [-0.39, 0.29) is 11.7 Å². The van der Waals surface area contributed by atoms with Crippen molar-refractivity contribution < 1.29 is 9.59 Å². The van der Waals surface area contributed by atoms with Crippen LogP contribution >= 0.6 is 0 Å². The Kier molecular flexibility index (Phi) is 6.34. The Morgan fingerprint density at radius 2 is 1.68 bits per heavy atom. The second kappa shape index (κ2) is 9.87. The fraction of sp³-hybridized carbons (Fsp3) is 0.207. The SMILES string of the molecule is O=C(CCc1ccccc1)Nc1cc(-c2[nH]c3c(c2Cc2ccccc2)C(=O)CCC3)ccn1. The zero-order valence-electron chi connectivity index (χ0n) is 19.0. The number of pyridine rings is 1. The fourth-order valence-corrected chi connectivity index (χ4v) is 4.66. The van der Waals surface area contributed by atoms with Gasteiger partial charge in [0.25, 0.3) is 0 Å². The van der Waals surface area contributed by atoms with Gasteiger partial charge in [0.15, 0.2) is 5.78 Å². The van der Waals surface area contributed by atoms with Gasteiger partial charge >= 0.3 is 0 Å². The maximum Gasteiger partial charge on any atom is 0.225 e. The van der Waals surface area contributed by atoms with Crippen LogP contribution in [0.1, 0.15) is 52.0 Å². The van der Waals surface area contributed by atoms with Gasteiger partial charge in [-0.3, -0.25) is 9.59 Å². The monoisotopic (exact) mass is 449 g/mol. The maximum absolute atomic E-state index is 12.9. The normalized spacial score (nSPS) is 12.9. The highest BCUT2D eigenvalue weighted by Crippen LogP contribution is 2.35. The van der Waals surface area contributed by atoms with Gasteiger partial charge in [0.2, 0.25) is 5.91 Å². The Labute approximate surface area is 199 Å². The highest BCUT2D eigenvalue weighted by atomic mass is 16.1. The number of hydrogen-bond donors (Lipinski definition) is 2. The van der Waals surface area contributed by atoms with Crippen LogP contribution in [0.3, 0.4) is 0 Å². The van der Waals surface area contributed by atoms with Crippen LogP contribution in [0.2, 0.25) is 0 Å². The molecule has 2 aromatic heterocycles.